The molecule has 3 aromatic rings. The van der Waals surface area contributed by atoms with Crippen LogP contribution in [0.5, 0.6) is 0 Å². The van der Waals surface area contributed by atoms with Crippen LogP contribution >= 0.6 is 11.8 Å². The van der Waals surface area contributed by atoms with Crippen LogP contribution in [0.1, 0.15) is 17.3 Å². The van der Waals surface area contributed by atoms with E-state index in [1.807, 2.05) is 29.2 Å². The Morgan fingerprint density at radius 2 is 1.79 bits per heavy atom. The van der Waals surface area contributed by atoms with Crippen LogP contribution in [0.3, 0.4) is 0 Å². The fraction of sp³-hybridized carbons (Fsp3) is 0.292. The van der Waals surface area contributed by atoms with Crippen molar-refractivity contribution >= 4 is 46.1 Å². The van der Waals surface area contributed by atoms with Crippen LogP contribution in [0, 0.1) is 5.82 Å². The second-order valence-electron chi connectivity index (χ2n) is 7.74. The van der Waals surface area contributed by atoms with E-state index in [1.54, 1.807) is 23.2 Å². The number of carbonyl (C=O) groups excluding carboxylic acids is 3. The molecular formula is C24H23FN4O4S. The van der Waals surface area contributed by atoms with E-state index in [0.29, 0.717) is 42.5 Å². The van der Waals surface area contributed by atoms with Gasteiger partial charge < -0.3 is 14.5 Å². The number of para-hydroxylation sites is 2. The molecule has 34 heavy (non-hydrogen) atoms. The molecule has 8 nitrogen and oxygen atoms in total. The Kier molecular flexibility index (Phi) is 7.36. The van der Waals surface area contributed by atoms with Crippen molar-refractivity contribution in [3.63, 3.8) is 0 Å². The lowest BCUT2D eigenvalue weighted by molar-refractivity contribution is -0.150. The number of halogens is 1. The Morgan fingerprint density at radius 1 is 1.06 bits per heavy atom. The number of anilines is 1. The van der Waals surface area contributed by atoms with Gasteiger partial charge in [0.1, 0.15) is 10.8 Å². The molecule has 0 spiro atoms. The van der Waals surface area contributed by atoms with Crippen molar-refractivity contribution in [3.8, 4) is 0 Å². The molecule has 1 aliphatic heterocycles. The Morgan fingerprint density at radius 3 is 2.50 bits per heavy atom. The first-order valence-corrected chi connectivity index (χ1v) is 11.7. The summed E-state index contributed by atoms with van der Waals surface area (Å²) in [5, 5.41) is 0.599. The zero-order valence-electron chi connectivity index (χ0n) is 18.6. The largest absolute Gasteiger partial charge is 0.455 e. The normalized spacial score (nSPS) is 13.7. The number of hydrogen-bond donors (Lipinski definition) is 0. The van der Waals surface area contributed by atoms with Gasteiger partial charge in [-0.2, -0.15) is 0 Å². The van der Waals surface area contributed by atoms with Crippen LogP contribution in [-0.4, -0.2) is 71.1 Å². The summed E-state index contributed by atoms with van der Waals surface area (Å²) in [5.74, 6) is -1.45. The molecule has 2 heterocycles. The summed E-state index contributed by atoms with van der Waals surface area (Å²) in [7, 11) is 0. The van der Waals surface area contributed by atoms with Gasteiger partial charge in [0.05, 0.1) is 28.7 Å². The number of aromatic nitrogens is 2. The number of Topliss-reactive ketones (excluding diaryl/α,β-unsaturated/α-hetero) is 1. The molecule has 176 valence electrons. The second kappa shape index (κ2) is 10.6. The maximum absolute atomic E-state index is 14.4. The first-order valence-electron chi connectivity index (χ1n) is 10.7. The van der Waals surface area contributed by atoms with E-state index in [9.17, 15) is 18.8 Å². The molecule has 0 unspecified atom stereocenters. The Balaban J connectivity index is 1.21. The average Bonchev–Trinajstić information content (AvgIpc) is 2.86. The van der Waals surface area contributed by atoms with Gasteiger partial charge in [-0.1, -0.05) is 23.9 Å². The lowest BCUT2D eigenvalue weighted by Crippen LogP contribution is -2.50. The minimum absolute atomic E-state index is 0.0175. The molecule has 1 aliphatic rings. The number of esters is 1. The number of thioether (sulfide) groups is 1. The summed E-state index contributed by atoms with van der Waals surface area (Å²) in [6, 6.07) is 11.9. The third-order valence-corrected chi connectivity index (χ3v) is 6.32. The predicted molar refractivity (Wildman–Crippen MR) is 126 cm³/mol. The van der Waals surface area contributed by atoms with E-state index >= 15 is 0 Å². The zero-order valence-corrected chi connectivity index (χ0v) is 19.4. The number of amides is 1. The third-order valence-electron chi connectivity index (χ3n) is 5.45. The molecule has 0 atom stereocenters. The molecule has 1 amide bonds. The van der Waals surface area contributed by atoms with Crippen molar-refractivity contribution in [3.05, 3.63) is 60.0 Å². The molecule has 1 aromatic heterocycles. The maximum Gasteiger partial charge on any atom is 0.316 e. The van der Waals surface area contributed by atoms with Crippen LogP contribution in [0.25, 0.3) is 11.0 Å². The van der Waals surface area contributed by atoms with Gasteiger partial charge in [-0.3, -0.25) is 19.4 Å². The molecule has 1 saturated heterocycles. The Hall–Kier alpha value is -3.53. The Bertz CT molecular complexity index is 1230. The topological polar surface area (TPSA) is 92.7 Å². The lowest BCUT2D eigenvalue weighted by atomic mass is 10.1. The summed E-state index contributed by atoms with van der Waals surface area (Å²) in [6.45, 7) is 2.68. The number of fused-ring (bicyclic) bond motifs is 1. The van der Waals surface area contributed by atoms with Gasteiger partial charge in [0, 0.05) is 31.7 Å². The number of piperazine rings is 1. The van der Waals surface area contributed by atoms with Gasteiger partial charge in [0.2, 0.25) is 0 Å². The minimum Gasteiger partial charge on any atom is -0.455 e. The van der Waals surface area contributed by atoms with E-state index < -0.39 is 11.8 Å². The van der Waals surface area contributed by atoms with Crippen LogP contribution in [0.2, 0.25) is 0 Å². The van der Waals surface area contributed by atoms with Crippen LogP contribution in [0.15, 0.2) is 53.7 Å². The highest BCUT2D eigenvalue weighted by atomic mass is 32.2. The minimum atomic E-state index is -0.514. The van der Waals surface area contributed by atoms with Gasteiger partial charge in [0.15, 0.2) is 12.4 Å². The lowest BCUT2D eigenvalue weighted by Gasteiger charge is -2.36. The molecule has 1 fully saturated rings. The standard InChI is InChI=1S/C24H23FN4O4S/c1-16(30)17-6-7-21(18(25)12-17)28-8-10-29(11-9-28)23(31)14-33-24(32)15-34-22-13-26-19-4-2-3-5-20(19)27-22/h2-7,12-13H,8-11,14-15H2,1H3. The molecule has 0 bridgehead atoms. The van der Waals surface area contributed by atoms with E-state index in [0.717, 1.165) is 11.0 Å². The van der Waals surface area contributed by atoms with E-state index in [-0.39, 0.29) is 24.1 Å². The van der Waals surface area contributed by atoms with Crippen LogP contribution in [0.4, 0.5) is 10.1 Å². The van der Waals surface area contributed by atoms with Gasteiger partial charge in [-0.15, -0.1) is 0 Å². The van der Waals surface area contributed by atoms with Crippen molar-refractivity contribution in [1.29, 1.82) is 0 Å². The van der Waals surface area contributed by atoms with Crippen LogP contribution in [-0.2, 0) is 14.3 Å². The van der Waals surface area contributed by atoms with Crippen LogP contribution < -0.4 is 4.90 Å². The van der Waals surface area contributed by atoms with Gasteiger partial charge in [-0.05, 0) is 37.3 Å². The summed E-state index contributed by atoms with van der Waals surface area (Å²) < 4.78 is 19.5. The molecule has 2 aromatic carbocycles. The summed E-state index contributed by atoms with van der Waals surface area (Å²) in [6.07, 6.45) is 1.60. The van der Waals surface area contributed by atoms with Crippen molar-refractivity contribution in [2.45, 2.75) is 11.9 Å². The SMILES string of the molecule is CC(=O)c1ccc(N2CCN(C(=O)COC(=O)CSc3cnc4ccccc4n3)CC2)c(F)c1. The first-order chi connectivity index (χ1) is 16.4. The first kappa shape index (κ1) is 23.6. The van der Waals surface area contributed by atoms with Crippen molar-refractivity contribution < 1.29 is 23.5 Å². The summed E-state index contributed by atoms with van der Waals surface area (Å²) >= 11 is 1.20. The number of nitrogens with zero attached hydrogens (tertiary/aromatic N) is 4. The van der Waals surface area contributed by atoms with Gasteiger partial charge in [-0.25, -0.2) is 9.37 Å². The zero-order chi connectivity index (χ0) is 24.1. The third kappa shape index (κ3) is 5.69. The molecular weight excluding hydrogens is 459 g/mol. The van der Waals surface area contributed by atoms with Gasteiger partial charge >= 0.3 is 5.97 Å². The number of benzene rings is 2. The highest BCUT2D eigenvalue weighted by Crippen LogP contribution is 2.22. The maximum atomic E-state index is 14.4. The number of ether oxygens (including phenoxy) is 1. The number of carbonyl (C=O) groups is 3. The second-order valence-corrected chi connectivity index (χ2v) is 8.73. The number of rotatable bonds is 7. The fourth-order valence-electron chi connectivity index (χ4n) is 3.60. The predicted octanol–water partition coefficient (Wildman–Crippen LogP) is 2.96. The quantitative estimate of drug-likeness (QED) is 0.288. The number of hydrogen-bond acceptors (Lipinski definition) is 8. The highest BCUT2D eigenvalue weighted by molar-refractivity contribution is 7.99. The monoisotopic (exact) mass is 482 g/mol. The molecule has 0 radical (unpaired) electrons. The van der Waals surface area contributed by atoms with E-state index in [4.69, 9.17) is 4.74 Å². The summed E-state index contributed by atoms with van der Waals surface area (Å²) in [4.78, 5) is 48.1. The number of ketones is 1. The average molecular weight is 483 g/mol. The molecule has 4 rings (SSSR count). The molecule has 0 saturated carbocycles. The van der Waals surface area contributed by atoms with Gasteiger partial charge in [0.25, 0.3) is 5.91 Å². The van der Waals surface area contributed by atoms with Crippen molar-refractivity contribution in [2.24, 2.45) is 0 Å². The molecule has 0 N–H and O–H groups in total. The Labute approximate surface area is 200 Å². The van der Waals surface area contributed by atoms with E-state index in [2.05, 4.69) is 9.97 Å². The fourth-order valence-corrected chi connectivity index (χ4v) is 4.24. The summed E-state index contributed by atoms with van der Waals surface area (Å²) in [5.41, 5.74) is 2.24. The highest BCUT2D eigenvalue weighted by Gasteiger charge is 2.24. The molecule has 10 heteroatoms. The van der Waals surface area contributed by atoms with Crippen molar-refractivity contribution in [1.82, 2.24) is 14.9 Å². The van der Waals surface area contributed by atoms with Crippen molar-refractivity contribution in [2.75, 3.05) is 43.4 Å². The smallest absolute Gasteiger partial charge is 0.316 e. The van der Waals surface area contributed by atoms with E-state index in [1.165, 1.54) is 24.8 Å². The molecule has 0 aliphatic carbocycles.